The van der Waals surface area contributed by atoms with Crippen LogP contribution in [0.1, 0.15) is 49.9 Å². The fourth-order valence-corrected chi connectivity index (χ4v) is 3.06. The Hall–Kier alpha value is -1.69. The van der Waals surface area contributed by atoms with Gasteiger partial charge in [-0.05, 0) is 38.3 Å². The van der Waals surface area contributed by atoms with Gasteiger partial charge in [0.15, 0.2) is 5.82 Å². The molecule has 3 rings (SSSR count). The summed E-state index contributed by atoms with van der Waals surface area (Å²) in [5.74, 6) is 1.59. The highest BCUT2D eigenvalue weighted by atomic mass is 16.5. The van der Waals surface area contributed by atoms with Crippen LogP contribution in [-0.2, 0) is 19.5 Å². The summed E-state index contributed by atoms with van der Waals surface area (Å²) in [5.41, 5.74) is 1.21. The summed E-state index contributed by atoms with van der Waals surface area (Å²) in [6.07, 6.45) is 9.60. The van der Waals surface area contributed by atoms with Crippen molar-refractivity contribution in [3.05, 3.63) is 29.7 Å². The molecule has 6 heteroatoms. The van der Waals surface area contributed by atoms with Crippen LogP contribution in [-0.4, -0.2) is 37.4 Å². The Bertz CT molecular complexity index is 591. The highest BCUT2D eigenvalue weighted by Crippen LogP contribution is 2.21. The molecule has 1 atom stereocenters. The van der Waals surface area contributed by atoms with E-state index < -0.39 is 0 Å². The number of rotatable bonds is 7. The molecule has 0 N–H and O–H groups in total. The first-order chi connectivity index (χ1) is 10.7. The fraction of sp³-hybridized carbons (Fsp3) is 0.688. The van der Waals surface area contributed by atoms with Gasteiger partial charge in [0.05, 0.1) is 19.3 Å². The van der Waals surface area contributed by atoms with Gasteiger partial charge in [0.25, 0.3) is 0 Å². The summed E-state index contributed by atoms with van der Waals surface area (Å²) in [6.45, 7) is 7.06. The van der Waals surface area contributed by atoms with Crippen molar-refractivity contribution >= 4 is 0 Å². The van der Waals surface area contributed by atoms with Crippen LogP contribution in [0.3, 0.4) is 0 Å². The summed E-state index contributed by atoms with van der Waals surface area (Å²) in [6, 6.07) is 0.511. The lowest BCUT2D eigenvalue weighted by molar-refractivity contribution is 0.211. The molecule has 120 valence electrons. The average molecular weight is 303 g/mol. The Balaban J connectivity index is 1.57. The second kappa shape index (κ2) is 7.05. The lowest BCUT2D eigenvalue weighted by Crippen LogP contribution is -2.33. The lowest BCUT2D eigenvalue weighted by Gasteiger charge is -2.22. The van der Waals surface area contributed by atoms with Gasteiger partial charge in [-0.2, -0.15) is 10.1 Å². The van der Waals surface area contributed by atoms with E-state index >= 15 is 0 Å². The Morgan fingerprint density at radius 2 is 2.32 bits per heavy atom. The van der Waals surface area contributed by atoms with E-state index in [2.05, 4.69) is 40.2 Å². The summed E-state index contributed by atoms with van der Waals surface area (Å²) in [4.78, 5) is 6.96. The van der Waals surface area contributed by atoms with Gasteiger partial charge in [-0.15, -0.1) is 0 Å². The maximum atomic E-state index is 5.33. The summed E-state index contributed by atoms with van der Waals surface area (Å²) in [5, 5.41) is 8.53. The van der Waals surface area contributed by atoms with E-state index in [0.717, 1.165) is 50.6 Å². The van der Waals surface area contributed by atoms with Gasteiger partial charge >= 0.3 is 0 Å². The third kappa shape index (κ3) is 3.74. The van der Waals surface area contributed by atoms with Crippen molar-refractivity contribution in [2.24, 2.45) is 0 Å². The quantitative estimate of drug-likeness (QED) is 0.787. The van der Waals surface area contributed by atoms with Crippen molar-refractivity contribution < 1.29 is 4.52 Å². The van der Waals surface area contributed by atoms with Crippen LogP contribution in [0.5, 0.6) is 0 Å². The van der Waals surface area contributed by atoms with Gasteiger partial charge in [0.2, 0.25) is 5.89 Å². The summed E-state index contributed by atoms with van der Waals surface area (Å²) < 4.78 is 7.37. The van der Waals surface area contributed by atoms with Gasteiger partial charge in [0, 0.05) is 18.7 Å². The van der Waals surface area contributed by atoms with E-state index in [1.807, 2.05) is 10.9 Å². The predicted molar refractivity (Wildman–Crippen MR) is 83.3 cm³/mol. The van der Waals surface area contributed by atoms with Crippen molar-refractivity contribution in [1.29, 1.82) is 0 Å². The number of likely N-dealkylation sites (tertiary alicyclic amines) is 1. The molecule has 1 aliphatic heterocycles. The van der Waals surface area contributed by atoms with Crippen molar-refractivity contribution in [2.75, 3.05) is 6.54 Å². The molecule has 1 saturated heterocycles. The zero-order chi connectivity index (χ0) is 15.4. The summed E-state index contributed by atoms with van der Waals surface area (Å²) in [7, 11) is 0. The van der Waals surface area contributed by atoms with Crippen LogP contribution in [0.4, 0.5) is 0 Å². The van der Waals surface area contributed by atoms with Gasteiger partial charge in [-0.25, -0.2) is 0 Å². The maximum absolute atomic E-state index is 5.33. The lowest BCUT2D eigenvalue weighted by atomic mass is 10.2. The zero-order valence-corrected chi connectivity index (χ0v) is 13.5. The van der Waals surface area contributed by atoms with Gasteiger partial charge in [-0.3, -0.25) is 9.58 Å². The molecule has 0 unspecified atom stereocenters. The molecule has 3 heterocycles. The van der Waals surface area contributed by atoms with Crippen molar-refractivity contribution in [3.63, 3.8) is 0 Å². The Kier molecular flexibility index (Phi) is 4.87. The molecule has 2 aromatic rings. The second-order valence-electron chi connectivity index (χ2n) is 6.21. The molecule has 6 nitrogen and oxygen atoms in total. The molecule has 0 aliphatic carbocycles. The number of nitrogens with zero attached hydrogens (tertiary/aromatic N) is 5. The van der Waals surface area contributed by atoms with Crippen LogP contribution < -0.4 is 0 Å². The van der Waals surface area contributed by atoms with Crippen molar-refractivity contribution in [3.8, 4) is 0 Å². The van der Waals surface area contributed by atoms with Gasteiger partial charge < -0.3 is 4.52 Å². The highest BCUT2D eigenvalue weighted by molar-refractivity contribution is 5.00. The smallest absolute Gasteiger partial charge is 0.226 e. The first kappa shape index (κ1) is 15.2. The third-order valence-corrected chi connectivity index (χ3v) is 4.26. The standard InChI is InChI=1S/C16H25N5O/c1-3-4-7-16-18-15(19-22-16)12-20-8-5-6-14(20)11-21-10-13(2)9-17-21/h9-10,14H,3-8,11-12H2,1-2H3/t14-/m0/s1. The van der Waals surface area contributed by atoms with E-state index in [-0.39, 0.29) is 0 Å². The molecule has 0 aromatic carbocycles. The van der Waals surface area contributed by atoms with E-state index in [1.54, 1.807) is 0 Å². The molecule has 2 aromatic heterocycles. The van der Waals surface area contributed by atoms with E-state index in [9.17, 15) is 0 Å². The first-order valence-electron chi connectivity index (χ1n) is 8.29. The molecule has 0 spiro atoms. The zero-order valence-electron chi connectivity index (χ0n) is 13.5. The molecule has 0 saturated carbocycles. The molecule has 0 radical (unpaired) electrons. The van der Waals surface area contributed by atoms with Crippen molar-refractivity contribution in [1.82, 2.24) is 24.8 Å². The Morgan fingerprint density at radius 3 is 3.09 bits per heavy atom. The highest BCUT2D eigenvalue weighted by Gasteiger charge is 2.26. The van der Waals surface area contributed by atoms with Crippen LogP contribution in [0.15, 0.2) is 16.9 Å². The van der Waals surface area contributed by atoms with Gasteiger partial charge in [0.1, 0.15) is 0 Å². The number of aryl methyl sites for hydroxylation is 2. The minimum Gasteiger partial charge on any atom is -0.339 e. The summed E-state index contributed by atoms with van der Waals surface area (Å²) >= 11 is 0. The second-order valence-corrected chi connectivity index (χ2v) is 6.21. The molecule has 1 fully saturated rings. The predicted octanol–water partition coefficient (Wildman–Crippen LogP) is 2.58. The monoisotopic (exact) mass is 303 g/mol. The Labute approximate surface area is 131 Å². The van der Waals surface area contributed by atoms with E-state index in [1.165, 1.54) is 18.4 Å². The van der Waals surface area contributed by atoms with Crippen LogP contribution in [0.25, 0.3) is 0 Å². The molecule has 0 bridgehead atoms. The first-order valence-corrected chi connectivity index (χ1v) is 8.29. The number of aromatic nitrogens is 4. The average Bonchev–Trinajstić information content (AvgIpc) is 3.21. The molecule has 22 heavy (non-hydrogen) atoms. The topological polar surface area (TPSA) is 60.0 Å². The minimum atomic E-state index is 0.511. The number of hydrogen-bond acceptors (Lipinski definition) is 5. The minimum absolute atomic E-state index is 0.511. The molecular weight excluding hydrogens is 278 g/mol. The van der Waals surface area contributed by atoms with Gasteiger partial charge in [-0.1, -0.05) is 18.5 Å². The van der Waals surface area contributed by atoms with Crippen LogP contribution in [0.2, 0.25) is 0 Å². The molecule has 0 amide bonds. The third-order valence-electron chi connectivity index (χ3n) is 4.26. The van der Waals surface area contributed by atoms with E-state index in [0.29, 0.717) is 6.04 Å². The van der Waals surface area contributed by atoms with Crippen molar-refractivity contribution in [2.45, 2.75) is 65.1 Å². The van der Waals surface area contributed by atoms with Crippen LogP contribution in [0, 0.1) is 6.92 Å². The fourth-order valence-electron chi connectivity index (χ4n) is 3.06. The van der Waals surface area contributed by atoms with Crippen LogP contribution >= 0.6 is 0 Å². The normalized spacial score (nSPS) is 19.1. The van der Waals surface area contributed by atoms with E-state index in [4.69, 9.17) is 4.52 Å². The largest absolute Gasteiger partial charge is 0.339 e. The SMILES string of the molecule is CCCCc1nc(CN2CCC[C@H]2Cn2cc(C)cn2)no1. The molecular formula is C16H25N5O. The maximum Gasteiger partial charge on any atom is 0.226 e. The molecule has 1 aliphatic rings. The number of unbranched alkanes of at least 4 members (excludes halogenated alkanes) is 1. The Morgan fingerprint density at radius 1 is 1.41 bits per heavy atom. The number of hydrogen-bond donors (Lipinski definition) is 0.